The molecular formula is C15H24O3S. The van der Waals surface area contributed by atoms with Crippen LogP contribution in [0.4, 0.5) is 0 Å². The maximum absolute atomic E-state index is 11.0. The van der Waals surface area contributed by atoms with Crippen molar-refractivity contribution in [3.63, 3.8) is 0 Å². The molecule has 0 aromatic heterocycles. The lowest BCUT2D eigenvalue weighted by atomic mass is 9.72. The lowest BCUT2D eigenvalue weighted by Gasteiger charge is -2.32. The minimum absolute atomic E-state index is 0.0477. The highest BCUT2D eigenvalue weighted by Gasteiger charge is 2.27. The molecule has 3 nitrogen and oxygen atoms in total. The van der Waals surface area contributed by atoms with E-state index in [2.05, 4.69) is 34.6 Å². The average Bonchev–Trinajstić information content (AvgIpc) is 2.23. The van der Waals surface area contributed by atoms with Gasteiger partial charge in [0.05, 0.1) is 4.90 Å². The quantitative estimate of drug-likeness (QED) is 0.846. The van der Waals surface area contributed by atoms with E-state index < -0.39 is 10.1 Å². The first-order chi connectivity index (χ1) is 8.51. The number of benzene rings is 1. The van der Waals surface area contributed by atoms with Crippen molar-refractivity contribution in [2.45, 2.75) is 51.9 Å². The fourth-order valence-electron chi connectivity index (χ4n) is 2.33. The van der Waals surface area contributed by atoms with Crippen LogP contribution in [0.2, 0.25) is 0 Å². The zero-order chi connectivity index (χ0) is 14.8. The van der Waals surface area contributed by atoms with Gasteiger partial charge in [-0.25, -0.2) is 0 Å². The van der Waals surface area contributed by atoms with Gasteiger partial charge >= 0.3 is 0 Å². The van der Waals surface area contributed by atoms with E-state index in [1.807, 2.05) is 0 Å². The molecule has 0 saturated carbocycles. The fraction of sp³-hybridized carbons (Fsp3) is 0.600. The standard InChI is InChI=1S/C15H24O3S/c1-11(2)10-14(15(3,4)5)12-6-8-13(9-7-12)19(16,17)18/h6-9,11,14H,10H2,1-5H3,(H,16,17,18). The van der Waals surface area contributed by atoms with Gasteiger partial charge in [-0.15, -0.1) is 0 Å². The predicted molar refractivity (Wildman–Crippen MR) is 77.9 cm³/mol. The normalized spacial score (nSPS) is 14.7. The summed E-state index contributed by atoms with van der Waals surface area (Å²) >= 11 is 0. The third-order valence-electron chi connectivity index (χ3n) is 3.33. The Labute approximate surface area is 116 Å². The molecule has 0 fully saturated rings. The Morgan fingerprint density at radius 3 is 1.89 bits per heavy atom. The van der Waals surface area contributed by atoms with Crippen LogP contribution >= 0.6 is 0 Å². The summed E-state index contributed by atoms with van der Waals surface area (Å²) in [5.41, 5.74) is 1.23. The Bertz CT molecular complexity index is 507. The van der Waals surface area contributed by atoms with E-state index in [-0.39, 0.29) is 10.3 Å². The first kappa shape index (κ1) is 16.2. The lowest BCUT2D eigenvalue weighted by molar-refractivity contribution is 0.280. The molecule has 0 radical (unpaired) electrons. The van der Waals surface area contributed by atoms with Gasteiger partial charge in [0.25, 0.3) is 10.1 Å². The molecule has 0 spiro atoms. The molecule has 1 unspecified atom stereocenters. The summed E-state index contributed by atoms with van der Waals surface area (Å²) in [6.07, 6.45) is 1.05. The molecule has 1 aromatic carbocycles. The first-order valence-corrected chi connectivity index (χ1v) is 8.03. The van der Waals surface area contributed by atoms with Crippen LogP contribution in [0.5, 0.6) is 0 Å². The van der Waals surface area contributed by atoms with Gasteiger partial charge in [-0.3, -0.25) is 4.55 Å². The van der Waals surface area contributed by atoms with Crippen molar-refractivity contribution < 1.29 is 13.0 Å². The van der Waals surface area contributed by atoms with E-state index in [0.29, 0.717) is 11.8 Å². The molecular weight excluding hydrogens is 260 g/mol. The second kappa shape index (κ2) is 5.63. The van der Waals surface area contributed by atoms with Crippen LogP contribution in [0.25, 0.3) is 0 Å². The Kier molecular flexibility index (Phi) is 4.80. The Balaban J connectivity index is 3.11. The van der Waals surface area contributed by atoms with Gasteiger partial charge in [-0.1, -0.05) is 46.8 Å². The van der Waals surface area contributed by atoms with Crippen molar-refractivity contribution in [2.24, 2.45) is 11.3 Å². The van der Waals surface area contributed by atoms with E-state index in [1.54, 1.807) is 12.1 Å². The molecule has 0 amide bonds. The minimum Gasteiger partial charge on any atom is -0.282 e. The maximum atomic E-state index is 11.0. The summed E-state index contributed by atoms with van der Waals surface area (Å²) in [7, 11) is -4.10. The van der Waals surface area contributed by atoms with Crippen LogP contribution < -0.4 is 0 Å². The lowest BCUT2D eigenvalue weighted by Crippen LogP contribution is -2.20. The molecule has 108 valence electrons. The van der Waals surface area contributed by atoms with E-state index >= 15 is 0 Å². The Morgan fingerprint density at radius 2 is 1.58 bits per heavy atom. The number of hydrogen-bond donors (Lipinski definition) is 1. The molecule has 0 saturated heterocycles. The van der Waals surface area contributed by atoms with Crippen LogP contribution in [-0.2, 0) is 10.1 Å². The first-order valence-electron chi connectivity index (χ1n) is 6.59. The van der Waals surface area contributed by atoms with E-state index in [4.69, 9.17) is 4.55 Å². The Morgan fingerprint density at radius 1 is 1.11 bits per heavy atom. The topological polar surface area (TPSA) is 54.4 Å². The van der Waals surface area contributed by atoms with Crippen LogP contribution in [-0.4, -0.2) is 13.0 Å². The van der Waals surface area contributed by atoms with Crippen LogP contribution in [0.1, 0.15) is 52.5 Å². The predicted octanol–water partition coefficient (Wildman–Crippen LogP) is 4.11. The SMILES string of the molecule is CC(C)CC(c1ccc(S(=O)(=O)O)cc1)C(C)(C)C. The molecule has 1 rings (SSSR count). The third-order valence-corrected chi connectivity index (χ3v) is 4.20. The average molecular weight is 284 g/mol. The van der Waals surface area contributed by atoms with Crippen molar-refractivity contribution in [1.82, 2.24) is 0 Å². The van der Waals surface area contributed by atoms with E-state index in [9.17, 15) is 8.42 Å². The number of rotatable bonds is 4. The summed E-state index contributed by atoms with van der Waals surface area (Å²) in [5.74, 6) is 0.938. The van der Waals surface area contributed by atoms with E-state index in [0.717, 1.165) is 12.0 Å². The maximum Gasteiger partial charge on any atom is 0.294 e. The smallest absolute Gasteiger partial charge is 0.282 e. The van der Waals surface area contributed by atoms with Crippen LogP contribution in [0.15, 0.2) is 29.2 Å². The second-order valence-electron chi connectivity index (χ2n) is 6.59. The molecule has 0 bridgehead atoms. The second-order valence-corrected chi connectivity index (χ2v) is 8.01. The van der Waals surface area contributed by atoms with Gasteiger partial charge in [0, 0.05) is 0 Å². The van der Waals surface area contributed by atoms with Gasteiger partial charge in [0.2, 0.25) is 0 Å². The fourth-order valence-corrected chi connectivity index (χ4v) is 2.81. The highest BCUT2D eigenvalue weighted by Crippen LogP contribution is 2.39. The summed E-state index contributed by atoms with van der Waals surface area (Å²) in [6, 6.07) is 6.57. The zero-order valence-electron chi connectivity index (χ0n) is 12.3. The molecule has 0 aliphatic heterocycles. The molecule has 0 aliphatic carbocycles. The molecule has 0 aliphatic rings. The highest BCUT2D eigenvalue weighted by atomic mass is 32.2. The van der Waals surface area contributed by atoms with Crippen molar-refractivity contribution in [3.8, 4) is 0 Å². The summed E-state index contributed by atoms with van der Waals surface area (Å²) < 4.78 is 31.1. The van der Waals surface area contributed by atoms with Crippen molar-refractivity contribution >= 4 is 10.1 Å². The van der Waals surface area contributed by atoms with Gasteiger partial charge in [0.1, 0.15) is 0 Å². The Hall–Kier alpha value is -0.870. The highest BCUT2D eigenvalue weighted by molar-refractivity contribution is 7.85. The molecule has 0 heterocycles. The third kappa shape index (κ3) is 4.62. The van der Waals surface area contributed by atoms with Gasteiger partial charge < -0.3 is 0 Å². The van der Waals surface area contributed by atoms with Crippen molar-refractivity contribution in [2.75, 3.05) is 0 Å². The number of hydrogen-bond acceptors (Lipinski definition) is 2. The monoisotopic (exact) mass is 284 g/mol. The molecule has 4 heteroatoms. The molecule has 1 atom stereocenters. The molecule has 1 aromatic rings. The molecule has 19 heavy (non-hydrogen) atoms. The van der Waals surface area contributed by atoms with Crippen LogP contribution in [0, 0.1) is 11.3 Å². The zero-order valence-corrected chi connectivity index (χ0v) is 13.2. The summed E-state index contributed by atoms with van der Waals surface area (Å²) in [6.45, 7) is 10.9. The summed E-state index contributed by atoms with van der Waals surface area (Å²) in [5, 5.41) is 0. The largest absolute Gasteiger partial charge is 0.294 e. The van der Waals surface area contributed by atoms with Crippen LogP contribution in [0.3, 0.4) is 0 Å². The summed E-state index contributed by atoms with van der Waals surface area (Å²) in [4.78, 5) is -0.0477. The molecule has 1 N–H and O–H groups in total. The van der Waals surface area contributed by atoms with Crippen molar-refractivity contribution in [1.29, 1.82) is 0 Å². The van der Waals surface area contributed by atoms with Crippen molar-refractivity contribution in [3.05, 3.63) is 29.8 Å². The van der Waals surface area contributed by atoms with Gasteiger partial charge in [0.15, 0.2) is 0 Å². The minimum atomic E-state index is -4.10. The van der Waals surface area contributed by atoms with E-state index in [1.165, 1.54) is 12.1 Å². The van der Waals surface area contributed by atoms with Gasteiger partial charge in [-0.05, 0) is 41.4 Å². The van der Waals surface area contributed by atoms with Gasteiger partial charge in [-0.2, -0.15) is 8.42 Å².